The summed E-state index contributed by atoms with van der Waals surface area (Å²) >= 11 is 5.71. The smallest absolute Gasteiger partial charge is 0.122 e. The Hall–Kier alpha value is -0.890. The molecule has 0 radical (unpaired) electrons. The molecular weight excluding hydrogens is 210 g/mol. The Balaban J connectivity index is 2.92. The van der Waals surface area contributed by atoms with Gasteiger partial charge in [-0.05, 0) is 30.2 Å². The van der Waals surface area contributed by atoms with Crippen molar-refractivity contribution in [3.63, 3.8) is 0 Å². The first kappa shape index (κ1) is 12.2. The number of rotatable bonds is 5. The summed E-state index contributed by atoms with van der Waals surface area (Å²) < 4.78 is 5.29. The van der Waals surface area contributed by atoms with Crippen LogP contribution in [0.15, 0.2) is 18.2 Å². The van der Waals surface area contributed by atoms with Crippen LogP contribution in [-0.2, 0) is 6.42 Å². The molecule has 0 aromatic heterocycles. The van der Waals surface area contributed by atoms with E-state index in [4.69, 9.17) is 16.3 Å². The van der Waals surface area contributed by atoms with Gasteiger partial charge in [-0.2, -0.15) is 0 Å². The molecule has 2 nitrogen and oxygen atoms in total. The molecule has 1 aromatic rings. The maximum atomic E-state index is 5.71. The Morgan fingerprint density at radius 2 is 2.13 bits per heavy atom. The quantitative estimate of drug-likeness (QED) is 0.718. The number of anilines is 1. The van der Waals surface area contributed by atoms with Gasteiger partial charge in [0, 0.05) is 25.2 Å². The molecule has 0 saturated carbocycles. The molecule has 1 aromatic carbocycles. The first-order chi connectivity index (χ1) is 7.22. The van der Waals surface area contributed by atoms with Gasteiger partial charge in [0.1, 0.15) is 5.75 Å². The van der Waals surface area contributed by atoms with Crippen LogP contribution in [0.1, 0.15) is 12.5 Å². The molecule has 0 saturated heterocycles. The average Bonchev–Trinajstić information content (AvgIpc) is 2.28. The fraction of sp³-hybridized carbons (Fsp3) is 0.500. The number of hydrogen-bond donors (Lipinski definition) is 0. The second-order valence-corrected chi connectivity index (χ2v) is 3.84. The van der Waals surface area contributed by atoms with Gasteiger partial charge < -0.3 is 9.64 Å². The lowest BCUT2D eigenvalue weighted by Crippen LogP contribution is -2.19. The first-order valence-corrected chi connectivity index (χ1v) is 5.70. The molecule has 0 fully saturated rings. The van der Waals surface area contributed by atoms with Crippen molar-refractivity contribution >= 4 is 17.3 Å². The van der Waals surface area contributed by atoms with Crippen LogP contribution in [0.25, 0.3) is 0 Å². The summed E-state index contributed by atoms with van der Waals surface area (Å²) in [6.07, 6.45) is 0.978. The number of benzene rings is 1. The predicted molar refractivity (Wildman–Crippen MR) is 66.4 cm³/mol. The summed E-state index contributed by atoms with van der Waals surface area (Å²) in [6.45, 7) is 2.99. The summed E-state index contributed by atoms with van der Waals surface area (Å²) in [5.41, 5.74) is 2.42. The maximum Gasteiger partial charge on any atom is 0.122 e. The molecule has 0 amide bonds. The van der Waals surface area contributed by atoms with E-state index in [-0.39, 0.29) is 0 Å². The summed E-state index contributed by atoms with van der Waals surface area (Å²) in [4.78, 5) is 2.14. The minimum absolute atomic E-state index is 0.643. The fourth-order valence-electron chi connectivity index (χ4n) is 1.53. The minimum atomic E-state index is 0.643. The maximum absolute atomic E-state index is 5.71. The van der Waals surface area contributed by atoms with Crippen LogP contribution in [-0.4, -0.2) is 26.6 Å². The van der Waals surface area contributed by atoms with Crippen molar-refractivity contribution < 1.29 is 4.74 Å². The van der Waals surface area contributed by atoms with Gasteiger partial charge in [-0.3, -0.25) is 0 Å². The molecule has 0 N–H and O–H groups in total. The topological polar surface area (TPSA) is 12.5 Å². The van der Waals surface area contributed by atoms with Crippen LogP contribution in [0.2, 0.25) is 0 Å². The molecule has 0 aliphatic carbocycles. The van der Waals surface area contributed by atoms with Gasteiger partial charge in [-0.25, -0.2) is 0 Å². The Morgan fingerprint density at radius 1 is 1.40 bits per heavy atom. The highest BCUT2D eigenvalue weighted by atomic mass is 35.5. The van der Waals surface area contributed by atoms with E-state index in [0.717, 1.165) is 18.7 Å². The third kappa shape index (κ3) is 3.03. The van der Waals surface area contributed by atoms with Gasteiger partial charge in [0.05, 0.1) is 7.11 Å². The summed E-state index contributed by atoms with van der Waals surface area (Å²) in [6, 6.07) is 6.23. The van der Waals surface area contributed by atoms with Crippen LogP contribution < -0.4 is 9.64 Å². The van der Waals surface area contributed by atoms with Crippen molar-refractivity contribution in [2.24, 2.45) is 0 Å². The van der Waals surface area contributed by atoms with Crippen LogP contribution in [0, 0.1) is 0 Å². The van der Waals surface area contributed by atoms with Crippen LogP contribution in [0.4, 0.5) is 5.69 Å². The number of methoxy groups -OCH3 is 1. The monoisotopic (exact) mass is 227 g/mol. The summed E-state index contributed by atoms with van der Waals surface area (Å²) in [5, 5.41) is 0. The summed E-state index contributed by atoms with van der Waals surface area (Å²) in [7, 11) is 3.75. The highest BCUT2D eigenvalue weighted by Crippen LogP contribution is 2.24. The lowest BCUT2D eigenvalue weighted by molar-refractivity contribution is 0.410. The van der Waals surface area contributed by atoms with E-state index in [1.54, 1.807) is 7.11 Å². The van der Waals surface area contributed by atoms with Crippen molar-refractivity contribution in [3.8, 4) is 5.75 Å². The van der Waals surface area contributed by atoms with Gasteiger partial charge in [-0.15, -0.1) is 11.6 Å². The fourth-order valence-corrected chi connectivity index (χ4v) is 1.79. The van der Waals surface area contributed by atoms with Gasteiger partial charge in [0.15, 0.2) is 0 Å². The first-order valence-electron chi connectivity index (χ1n) is 5.17. The van der Waals surface area contributed by atoms with E-state index in [1.165, 1.54) is 11.3 Å². The zero-order chi connectivity index (χ0) is 11.3. The van der Waals surface area contributed by atoms with Crippen molar-refractivity contribution in [3.05, 3.63) is 23.8 Å². The van der Waals surface area contributed by atoms with Crippen molar-refractivity contribution in [1.29, 1.82) is 0 Å². The summed E-state index contributed by atoms with van der Waals surface area (Å²) in [5.74, 6) is 1.60. The zero-order valence-corrected chi connectivity index (χ0v) is 10.3. The SMILES string of the molecule is CCc1cc(N(C)CCCl)ccc1OC. The lowest BCUT2D eigenvalue weighted by Gasteiger charge is -2.19. The van der Waals surface area contributed by atoms with E-state index in [0.29, 0.717) is 5.88 Å². The second-order valence-electron chi connectivity index (χ2n) is 3.46. The molecule has 0 heterocycles. The number of aryl methyl sites for hydroxylation is 1. The lowest BCUT2D eigenvalue weighted by atomic mass is 10.1. The van der Waals surface area contributed by atoms with E-state index in [1.807, 2.05) is 13.1 Å². The highest BCUT2D eigenvalue weighted by molar-refractivity contribution is 6.18. The third-order valence-corrected chi connectivity index (χ3v) is 2.67. The predicted octanol–water partition coefficient (Wildman–Crippen LogP) is 2.93. The Morgan fingerprint density at radius 3 is 2.67 bits per heavy atom. The van der Waals surface area contributed by atoms with Crippen LogP contribution in [0.5, 0.6) is 5.75 Å². The molecule has 0 atom stereocenters. The van der Waals surface area contributed by atoms with Crippen LogP contribution >= 0.6 is 11.6 Å². The number of nitrogens with zero attached hydrogens (tertiary/aromatic N) is 1. The molecule has 0 bridgehead atoms. The molecule has 0 aliphatic heterocycles. The van der Waals surface area contributed by atoms with Gasteiger partial charge in [-0.1, -0.05) is 6.92 Å². The van der Waals surface area contributed by atoms with E-state index in [9.17, 15) is 0 Å². The van der Waals surface area contributed by atoms with Crippen LogP contribution in [0.3, 0.4) is 0 Å². The molecule has 0 spiro atoms. The van der Waals surface area contributed by atoms with E-state index >= 15 is 0 Å². The minimum Gasteiger partial charge on any atom is -0.496 e. The Labute approximate surface area is 96.8 Å². The molecule has 3 heteroatoms. The van der Waals surface area contributed by atoms with Crippen molar-refractivity contribution in [2.45, 2.75) is 13.3 Å². The van der Waals surface area contributed by atoms with Crippen molar-refractivity contribution in [2.75, 3.05) is 31.5 Å². The normalized spacial score (nSPS) is 10.1. The highest BCUT2D eigenvalue weighted by Gasteiger charge is 2.05. The molecular formula is C12H18ClNO. The van der Waals surface area contributed by atoms with Gasteiger partial charge >= 0.3 is 0 Å². The molecule has 15 heavy (non-hydrogen) atoms. The third-order valence-electron chi connectivity index (χ3n) is 2.51. The molecule has 1 rings (SSSR count). The Kier molecular flexibility index (Phi) is 4.76. The number of hydrogen-bond acceptors (Lipinski definition) is 2. The van der Waals surface area contributed by atoms with E-state index < -0.39 is 0 Å². The average molecular weight is 228 g/mol. The number of alkyl halides is 1. The second kappa shape index (κ2) is 5.86. The van der Waals surface area contributed by atoms with Gasteiger partial charge in [0.25, 0.3) is 0 Å². The zero-order valence-electron chi connectivity index (χ0n) is 9.59. The molecule has 0 unspecified atom stereocenters. The van der Waals surface area contributed by atoms with Crippen molar-refractivity contribution in [1.82, 2.24) is 0 Å². The number of ether oxygens (including phenoxy) is 1. The standard InChI is InChI=1S/C12H18ClNO/c1-4-10-9-11(14(2)8-7-13)5-6-12(10)15-3/h5-6,9H,4,7-8H2,1-3H3. The Bertz CT molecular complexity index is 314. The van der Waals surface area contributed by atoms with E-state index in [2.05, 4.69) is 24.0 Å². The molecule has 0 aliphatic rings. The molecule has 84 valence electrons. The number of halogens is 1. The largest absolute Gasteiger partial charge is 0.496 e. The van der Waals surface area contributed by atoms with Gasteiger partial charge in [0.2, 0.25) is 0 Å².